The zero-order chi connectivity index (χ0) is 21.2. The molecule has 5 aromatic rings. The van der Waals surface area contributed by atoms with Crippen LogP contribution in [0.15, 0.2) is 71.5 Å². The Hall–Kier alpha value is -3.46. The van der Waals surface area contributed by atoms with Gasteiger partial charge in [-0.15, -0.1) is 0 Å². The van der Waals surface area contributed by atoms with Crippen LogP contribution in [0.1, 0.15) is 37.5 Å². The molecule has 31 heavy (non-hydrogen) atoms. The third-order valence-electron chi connectivity index (χ3n) is 6.45. The van der Waals surface area contributed by atoms with Gasteiger partial charge in [-0.25, -0.2) is 0 Å². The summed E-state index contributed by atoms with van der Waals surface area (Å²) in [5, 5.41) is 3.69. The summed E-state index contributed by atoms with van der Waals surface area (Å²) in [5.74, 6) is 0.954. The largest absolute Gasteiger partial charge is 0.453 e. The molecular weight excluding hydrogens is 380 g/mol. The number of hydrogen-bond donors (Lipinski definition) is 0. The van der Waals surface area contributed by atoms with Crippen molar-refractivity contribution in [3.8, 4) is 22.6 Å². The van der Waals surface area contributed by atoms with Gasteiger partial charge in [-0.05, 0) is 64.4 Å². The van der Waals surface area contributed by atoms with E-state index in [1.165, 1.54) is 32.8 Å². The van der Waals surface area contributed by atoms with Crippen LogP contribution in [-0.4, -0.2) is 9.97 Å². The molecule has 0 radical (unpaired) electrons. The maximum atomic E-state index is 6.54. The van der Waals surface area contributed by atoms with Gasteiger partial charge in [0.25, 0.3) is 0 Å². The van der Waals surface area contributed by atoms with E-state index in [4.69, 9.17) is 9.40 Å². The minimum Gasteiger partial charge on any atom is -0.453 e. The van der Waals surface area contributed by atoms with Crippen LogP contribution in [0.2, 0.25) is 0 Å². The zero-order valence-corrected chi connectivity index (χ0v) is 18.1. The minimum atomic E-state index is 0.0243. The van der Waals surface area contributed by atoms with E-state index in [1.54, 1.807) is 0 Å². The van der Waals surface area contributed by atoms with Crippen molar-refractivity contribution in [1.29, 1.82) is 0 Å². The Morgan fingerprint density at radius 2 is 1.77 bits per heavy atom. The van der Waals surface area contributed by atoms with Crippen LogP contribution in [-0.2, 0) is 18.3 Å². The number of hydrogen-bond acceptors (Lipinski definition) is 3. The molecule has 0 saturated carbocycles. The fourth-order valence-corrected chi connectivity index (χ4v) is 4.92. The second-order valence-electron chi connectivity index (χ2n) is 9.47. The normalized spacial score (nSPS) is 13.4. The number of rotatable bonds is 1. The molecule has 0 amide bonds. The van der Waals surface area contributed by atoms with E-state index in [0.29, 0.717) is 0 Å². The van der Waals surface area contributed by atoms with Crippen LogP contribution in [0, 0.1) is 0 Å². The Bertz CT molecular complexity index is 1470. The van der Waals surface area contributed by atoms with Crippen LogP contribution >= 0.6 is 0 Å². The number of pyridine rings is 2. The van der Waals surface area contributed by atoms with Crippen molar-refractivity contribution < 1.29 is 4.42 Å². The highest BCUT2D eigenvalue weighted by Crippen LogP contribution is 2.43. The third-order valence-corrected chi connectivity index (χ3v) is 6.45. The molecule has 0 atom stereocenters. The summed E-state index contributed by atoms with van der Waals surface area (Å²) < 4.78 is 6.54. The molecule has 0 bridgehead atoms. The Kier molecular flexibility index (Phi) is 3.85. The van der Waals surface area contributed by atoms with Gasteiger partial charge in [0, 0.05) is 40.7 Å². The molecule has 152 valence electrons. The molecular formula is C28H24N2O. The van der Waals surface area contributed by atoms with Gasteiger partial charge in [0.2, 0.25) is 0 Å². The molecule has 0 aliphatic heterocycles. The Labute approximate surface area is 181 Å². The lowest BCUT2D eigenvalue weighted by atomic mass is 9.82. The van der Waals surface area contributed by atoms with Gasteiger partial charge in [0.15, 0.2) is 5.58 Å². The molecule has 0 fully saturated rings. The average molecular weight is 405 g/mol. The summed E-state index contributed by atoms with van der Waals surface area (Å²) in [6.07, 6.45) is 7.70. The van der Waals surface area contributed by atoms with E-state index in [0.717, 1.165) is 41.0 Å². The Balaban J connectivity index is 1.64. The monoisotopic (exact) mass is 404 g/mol. The lowest BCUT2D eigenvalue weighted by Gasteiger charge is -2.22. The highest BCUT2D eigenvalue weighted by atomic mass is 16.3. The van der Waals surface area contributed by atoms with Crippen molar-refractivity contribution in [3.63, 3.8) is 0 Å². The summed E-state index contributed by atoms with van der Waals surface area (Å²) in [6.45, 7) is 6.80. The predicted molar refractivity (Wildman–Crippen MR) is 126 cm³/mol. The molecule has 3 aromatic heterocycles. The van der Waals surface area contributed by atoms with Crippen molar-refractivity contribution in [3.05, 3.63) is 83.8 Å². The van der Waals surface area contributed by atoms with Gasteiger partial charge >= 0.3 is 0 Å². The lowest BCUT2D eigenvalue weighted by Crippen LogP contribution is -2.12. The SMILES string of the molecule is CC(C)(C)c1cc(-c2nccc3c4c(oc23)-c2cnccc2CC4)cc2ccccc12. The third kappa shape index (κ3) is 2.80. The van der Waals surface area contributed by atoms with Crippen molar-refractivity contribution >= 4 is 21.7 Å². The van der Waals surface area contributed by atoms with Crippen molar-refractivity contribution in [1.82, 2.24) is 9.97 Å². The highest BCUT2D eigenvalue weighted by molar-refractivity contribution is 5.99. The van der Waals surface area contributed by atoms with Crippen LogP contribution in [0.4, 0.5) is 0 Å². The van der Waals surface area contributed by atoms with E-state index < -0.39 is 0 Å². The van der Waals surface area contributed by atoms with Crippen LogP contribution in [0.3, 0.4) is 0 Å². The van der Waals surface area contributed by atoms with Gasteiger partial charge in [0.1, 0.15) is 11.5 Å². The fourth-order valence-electron chi connectivity index (χ4n) is 4.92. The molecule has 1 aliphatic carbocycles. The molecule has 0 unspecified atom stereocenters. The minimum absolute atomic E-state index is 0.0243. The number of benzene rings is 2. The molecule has 3 heteroatoms. The van der Waals surface area contributed by atoms with Gasteiger partial charge in [-0.3, -0.25) is 9.97 Å². The van der Waals surface area contributed by atoms with E-state index in [2.05, 4.69) is 74.3 Å². The maximum Gasteiger partial charge on any atom is 0.161 e. The number of nitrogens with zero attached hydrogens (tertiary/aromatic N) is 2. The Morgan fingerprint density at radius 3 is 2.65 bits per heavy atom. The number of aryl methyl sites for hydroxylation is 2. The second kappa shape index (κ2) is 6.52. The first-order chi connectivity index (χ1) is 15.0. The summed E-state index contributed by atoms with van der Waals surface area (Å²) in [7, 11) is 0. The summed E-state index contributed by atoms with van der Waals surface area (Å²) in [4.78, 5) is 9.14. The quantitative estimate of drug-likeness (QED) is 0.299. The first kappa shape index (κ1) is 18.3. The van der Waals surface area contributed by atoms with Crippen LogP contribution in [0.25, 0.3) is 44.3 Å². The summed E-state index contributed by atoms with van der Waals surface area (Å²) in [6, 6.07) is 17.3. The highest BCUT2D eigenvalue weighted by Gasteiger charge is 2.25. The smallest absolute Gasteiger partial charge is 0.161 e. The molecule has 0 spiro atoms. The fraction of sp³-hybridized carbons (Fsp3) is 0.214. The van der Waals surface area contributed by atoms with E-state index in [9.17, 15) is 0 Å². The average Bonchev–Trinajstić information content (AvgIpc) is 3.17. The molecule has 3 nitrogen and oxygen atoms in total. The van der Waals surface area contributed by atoms with Crippen molar-refractivity contribution in [2.24, 2.45) is 0 Å². The first-order valence-corrected chi connectivity index (χ1v) is 10.9. The lowest BCUT2D eigenvalue weighted by molar-refractivity contribution is 0.596. The number of fused-ring (bicyclic) bond motifs is 6. The predicted octanol–water partition coefficient (Wildman–Crippen LogP) is 7.11. The topological polar surface area (TPSA) is 38.9 Å². The maximum absolute atomic E-state index is 6.54. The number of aromatic nitrogens is 2. The molecule has 2 aromatic carbocycles. The molecule has 6 rings (SSSR count). The molecule has 1 aliphatic rings. The zero-order valence-electron chi connectivity index (χ0n) is 18.1. The van der Waals surface area contributed by atoms with Gasteiger partial charge in [-0.1, -0.05) is 45.0 Å². The van der Waals surface area contributed by atoms with E-state index >= 15 is 0 Å². The number of furan rings is 1. The van der Waals surface area contributed by atoms with Gasteiger partial charge in [-0.2, -0.15) is 0 Å². The van der Waals surface area contributed by atoms with Crippen LogP contribution < -0.4 is 0 Å². The van der Waals surface area contributed by atoms with Gasteiger partial charge in [0.05, 0.1) is 0 Å². The Morgan fingerprint density at radius 1 is 0.903 bits per heavy atom. The molecule has 0 saturated heterocycles. The first-order valence-electron chi connectivity index (χ1n) is 10.9. The van der Waals surface area contributed by atoms with Crippen molar-refractivity contribution in [2.45, 2.75) is 39.0 Å². The van der Waals surface area contributed by atoms with E-state index in [1.807, 2.05) is 18.6 Å². The molecule has 0 N–H and O–H groups in total. The molecule has 3 heterocycles. The van der Waals surface area contributed by atoms with E-state index in [-0.39, 0.29) is 5.41 Å². The second-order valence-corrected chi connectivity index (χ2v) is 9.47. The van der Waals surface area contributed by atoms with Crippen LogP contribution in [0.5, 0.6) is 0 Å². The summed E-state index contributed by atoms with van der Waals surface area (Å²) >= 11 is 0. The standard InChI is InChI=1S/C28H24N2O/c1-28(2,3)24-15-19(14-18-6-4-5-7-20(18)24)25-27-22(11-13-30-25)21-9-8-17-10-12-29-16-23(17)26(21)31-27/h4-7,10-16H,8-9H2,1-3H3. The van der Waals surface area contributed by atoms with Crippen molar-refractivity contribution in [2.75, 3.05) is 0 Å². The van der Waals surface area contributed by atoms with Gasteiger partial charge < -0.3 is 4.42 Å². The summed E-state index contributed by atoms with van der Waals surface area (Å²) in [5.41, 5.74) is 7.92.